The maximum absolute atomic E-state index is 11.8. The Bertz CT molecular complexity index is 1520. The van der Waals surface area contributed by atoms with Crippen molar-refractivity contribution in [3.05, 3.63) is 0 Å². The van der Waals surface area contributed by atoms with Crippen LogP contribution < -0.4 is 0 Å². The SMILES string of the molecule is CCC(C)C(=O)OC(OC)C1CCCC1.CCC(C)C(=O)OCOC1C2CC3CC(C2)CC1C3.CCOC(OC(=O)C(C)CC)C(C)C.CCOC(OC(=O)C(C)CC)C1CCCCC1.CCOCOC(=O)C(C)CC. The van der Waals surface area contributed by atoms with Crippen molar-refractivity contribution in [1.29, 1.82) is 0 Å². The van der Waals surface area contributed by atoms with Crippen LogP contribution in [-0.4, -0.2) is 95.3 Å². The Labute approximate surface area is 462 Å². The van der Waals surface area contributed by atoms with E-state index in [1.807, 2.05) is 104 Å². The van der Waals surface area contributed by atoms with Crippen LogP contribution >= 0.6 is 0 Å². The summed E-state index contributed by atoms with van der Waals surface area (Å²) in [5.41, 5.74) is 0. The van der Waals surface area contributed by atoms with Crippen molar-refractivity contribution in [1.82, 2.24) is 0 Å². The standard InChI is InChI=1S/C16H26O3.C14H26O3.C12H22O3.C11H22O3.C8H16O3/c1-3-10(2)16(17)19-9-18-15-13-5-11-4-12(7-13)8-14(15)6-11;1-4-11(3)13(15)17-14(16-5-2)12-9-7-6-8-10-12;1-4-9(2)11(13)15-12(14-3)10-7-5-6-8-10;1-6-9(5)10(12)14-11(8(3)4)13-7-2;1-4-7(3)8(9)11-6-10-5-2/h10-15H,3-9H2,1-2H3;11-12,14H,4-10H2,1-3H3;9-10,12H,4-8H2,1-3H3;8-9,11H,6-7H2,1-5H3;7H,4-6H2,1-3H3. The highest BCUT2D eigenvalue weighted by molar-refractivity contribution is 5.73. The molecule has 15 nitrogen and oxygen atoms in total. The molecular weight excluding hydrogens is 973 g/mol. The Morgan fingerprint density at radius 1 is 0.434 bits per heavy atom. The van der Waals surface area contributed by atoms with Gasteiger partial charge in [-0.25, -0.2) is 0 Å². The van der Waals surface area contributed by atoms with E-state index in [0.29, 0.717) is 37.8 Å². The van der Waals surface area contributed by atoms with E-state index in [1.165, 1.54) is 64.2 Å². The predicted molar refractivity (Wildman–Crippen MR) is 296 cm³/mol. The minimum absolute atomic E-state index is 0.0119. The molecule has 6 rings (SSSR count). The highest BCUT2D eigenvalue weighted by Crippen LogP contribution is 2.54. The van der Waals surface area contributed by atoms with Crippen LogP contribution in [0.15, 0.2) is 0 Å². The summed E-state index contributed by atoms with van der Waals surface area (Å²) in [7, 11) is 1.62. The Balaban J connectivity index is 0.000000481. The van der Waals surface area contributed by atoms with Gasteiger partial charge in [-0.15, -0.1) is 0 Å². The van der Waals surface area contributed by atoms with Crippen molar-refractivity contribution >= 4 is 29.8 Å². The van der Waals surface area contributed by atoms with Gasteiger partial charge in [0.1, 0.15) is 0 Å². The molecule has 0 heterocycles. The zero-order valence-electron chi connectivity index (χ0n) is 50.8. The van der Waals surface area contributed by atoms with E-state index >= 15 is 0 Å². The molecule has 0 aromatic rings. The number of rotatable bonds is 27. The third-order valence-electron chi connectivity index (χ3n) is 16.1. The van der Waals surface area contributed by atoms with Crippen LogP contribution in [-0.2, 0) is 71.3 Å². The number of methoxy groups -OCH3 is 1. The maximum atomic E-state index is 11.8. The number of hydrogen-bond donors (Lipinski definition) is 0. The van der Waals surface area contributed by atoms with Crippen molar-refractivity contribution in [2.75, 3.05) is 40.5 Å². The van der Waals surface area contributed by atoms with Gasteiger partial charge in [-0.1, -0.05) is 115 Å². The smallest absolute Gasteiger partial charge is 0.310 e. The van der Waals surface area contributed by atoms with Crippen LogP contribution in [0.3, 0.4) is 0 Å². The second-order valence-electron chi connectivity index (χ2n) is 22.5. The van der Waals surface area contributed by atoms with Crippen molar-refractivity contribution in [3.63, 3.8) is 0 Å². The molecule has 8 unspecified atom stereocenters. The Morgan fingerprint density at radius 2 is 0.816 bits per heavy atom. The van der Waals surface area contributed by atoms with E-state index in [1.54, 1.807) is 7.11 Å². The van der Waals surface area contributed by atoms with Gasteiger partial charge in [-0.3, -0.25) is 24.0 Å². The number of ether oxygens (including phenoxy) is 10. The molecular formula is C61H112O15. The summed E-state index contributed by atoms with van der Waals surface area (Å²) in [6.45, 7) is 31.0. The molecule has 6 aliphatic carbocycles. The van der Waals surface area contributed by atoms with Crippen molar-refractivity contribution in [2.24, 2.45) is 71.0 Å². The van der Waals surface area contributed by atoms with E-state index in [-0.39, 0.29) is 91.5 Å². The molecule has 0 aliphatic heterocycles. The first-order chi connectivity index (χ1) is 36.3. The molecule has 0 aromatic heterocycles. The molecule has 0 amide bonds. The fourth-order valence-corrected chi connectivity index (χ4v) is 10.2. The average Bonchev–Trinajstić information content (AvgIpc) is 3.97. The summed E-state index contributed by atoms with van der Waals surface area (Å²) in [6, 6.07) is 0. The Hall–Kier alpha value is -2.85. The molecule has 0 spiro atoms. The van der Waals surface area contributed by atoms with Crippen molar-refractivity contribution in [2.45, 2.75) is 251 Å². The van der Waals surface area contributed by atoms with Gasteiger partial charge >= 0.3 is 29.8 Å². The molecule has 0 radical (unpaired) electrons. The van der Waals surface area contributed by atoms with Gasteiger partial charge in [-0.05, 0) is 134 Å². The van der Waals surface area contributed by atoms with Crippen LogP contribution in [0.2, 0.25) is 0 Å². The molecule has 0 N–H and O–H groups in total. The molecule has 6 aliphatic rings. The van der Waals surface area contributed by atoms with Gasteiger partial charge < -0.3 is 47.4 Å². The molecule has 76 heavy (non-hydrogen) atoms. The summed E-state index contributed by atoms with van der Waals surface area (Å²) in [4.78, 5) is 57.4. The molecule has 4 bridgehead atoms. The van der Waals surface area contributed by atoms with E-state index in [9.17, 15) is 24.0 Å². The lowest BCUT2D eigenvalue weighted by Crippen LogP contribution is -2.49. The van der Waals surface area contributed by atoms with E-state index in [0.717, 1.165) is 81.5 Å². The molecule has 446 valence electrons. The van der Waals surface area contributed by atoms with Crippen molar-refractivity contribution in [3.8, 4) is 0 Å². The number of carbonyl (C=O) groups excluding carboxylic acids is 5. The van der Waals surface area contributed by atoms with Gasteiger partial charge in [0.05, 0.1) is 35.7 Å². The largest absolute Gasteiger partial charge is 0.438 e. The highest BCUT2D eigenvalue weighted by Gasteiger charge is 2.49. The lowest BCUT2D eigenvalue weighted by molar-refractivity contribution is -0.197. The minimum atomic E-state index is -0.401. The van der Waals surface area contributed by atoms with Crippen LogP contribution in [0.5, 0.6) is 0 Å². The van der Waals surface area contributed by atoms with E-state index in [2.05, 4.69) is 0 Å². The quantitative estimate of drug-likeness (QED) is 0.0328. The normalized spacial score (nSPS) is 23.8. The maximum Gasteiger partial charge on any atom is 0.310 e. The number of carbonyl (C=O) groups is 5. The molecule has 15 heteroatoms. The number of esters is 5. The van der Waals surface area contributed by atoms with E-state index in [4.69, 9.17) is 47.4 Å². The highest BCUT2D eigenvalue weighted by atomic mass is 16.7. The first kappa shape index (κ1) is 71.2. The van der Waals surface area contributed by atoms with Crippen LogP contribution in [0, 0.1) is 71.0 Å². The van der Waals surface area contributed by atoms with Crippen LogP contribution in [0.4, 0.5) is 0 Å². The molecule has 0 aromatic carbocycles. The van der Waals surface area contributed by atoms with Crippen molar-refractivity contribution < 1.29 is 71.3 Å². The summed E-state index contributed by atoms with van der Waals surface area (Å²) >= 11 is 0. The Morgan fingerprint density at radius 3 is 1.21 bits per heavy atom. The first-order valence-corrected chi connectivity index (χ1v) is 30.2. The monoisotopic (exact) mass is 1080 g/mol. The molecule has 6 saturated carbocycles. The predicted octanol–water partition coefficient (Wildman–Crippen LogP) is 13.8. The Kier molecular flexibility index (Phi) is 38.6. The van der Waals surface area contributed by atoms with Gasteiger partial charge in [0.2, 0.25) is 18.9 Å². The van der Waals surface area contributed by atoms with Crippen LogP contribution in [0.1, 0.15) is 226 Å². The molecule has 0 saturated heterocycles. The zero-order valence-corrected chi connectivity index (χ0v) is 50.8. The third kappa shape index (κ3) is 27.3. The second kappa shape index (κ2) is 41.2. The molecule has 6 fully saturated rings. The summed E-state index contributed by atoms with van der Waals surface area (Å²) < 4.78 is 53.1. The second-order valence-corrected chi connectivity index (χ2v) is 22.5. The average molecular weight is 1090 g/mol. The van der Waals surface area contributed by atoms with E-state index < -0.39 is 6.29 Å². The fourth-order valence-electron chi connectivity index (χ4n) is 10.2. The van der Waals surface area contributed by atoms with Gasteiger partial charge in [0, 0.05) is 44.7 Å². The lowest BCUT2D eigenvalue weighted by atomic mass is 9.55. The summed E-state index contributed by atoms with van der Waals surface area (Å²) in [6.07, 6.45) is 20.9. The summed E-state index contributed by atoms with van der Waals surface area (Å²) in [5, 5.41) is 0. The topological polar surface area (TPSA) is 178 Å². The minimum Gasteiger partial charge on any atom is -0.438 e. The fraction of sp³-hybridized carbons (Fsp3) is 0.918. The van der Waals surface area contributed by atoms with Gasteiger partial charge in [0.15, 0.2) is 13.6 Å². The first-order valence-electron chi connectivity index (χ1n) is 30.2. The number of hydrogen-bond acceptors (Lipinski definition) is 15. The lowest BCUT2D eigenvalue weighted by Gasteiger charge is -2.53. The van der Waals surface area contributed by atoms with Crippen LogP contribution in [0.25, 0.3) is 0 Å². The third-order valence-corrected chi connectivity index (χ3v) is 16.1. The zero-order chi connectivity index (χ0) is 57.2. The molecule has 8 atom stereocenters. The summed E-state index contributed by atoms with van der Waals surface area (Å²) in [5.74, 6) is 3.56. The van der Waals surface area contributed by atoms with Gasteiger partial charge in [-0.2, -0.15) is 0 Å². The van der Waals surface area contributed by atoms with Gasteiger partial charge in [0.25, 0.3) is 0 Å².